The number of carbonyl (C=O) groups excluding carboxylic acids is 1. The SMILES string of the molecule is O=C(O)CC1SC(CC2CC3CCC2C3)=NC1=O. The van der Waals surface area contributed by atoms with E-state index in [2.05, 4.69) is 4.99 Å². The number of carboxylic acid groups (broad SMARTS) is 1. The first-order chi connectivity index (χ1) is 8.61. The number of carboxylic acids is 1. The summed E-state index contributed by atoms with van der Waals surface area (Å²) >= 11 is 1.38. The minimum atomic E-state index is -0.919. The third-order valence-electron chi connectivity index (χ3n) is 4.47. The van der Waals surface area contributed by atoms with Gasteiger partial charge in [0.2, 0.25) is 0 Å². The molecule has 98 valence electrons. The summed E-state index contributed by atoms with van der Waals surface area (Å²) in [5.41, 5.74) is 0. The largest absolute Gasteiger partial charge is 0.481 e. The zero-order valence-corrected chi connectivity index (χ0v) is 11.0. The van der Waals surface area contributed by atoms with Crippen molar-refractivity contribution in [1.29, 1.82) is 0 Å². The number of aliphatic carboxylic acids is 1. The van der Waals surface area contributed by atoms with Gasteiger partial charge in [0.1, 0.15) is 5.25 Å². The van der Waals surface area contributed by atoms with Crippen molar-refractivity contribution in [3.8, 4) is 0 Å². The standard InChI is InChI=1S/C13H17NO3S/c15-12(16)6-10-13(17)14-11(18-10)5-9-4-7-1-2-8(9)3-7/h7-10H,1-6H2,(H,15,16). The lowest BCUT2D eigenvalue weighted by molar-refractivity contribution is -0.138. The van der Waals surface area contributed by atoms with E-state index in [-0.39, 0.29) is 12.3 Å². The summed E-state index contributed by atoms with van der Waals surface area (Å²) in [6.07, 6.45) is 6.14. The Morgan fingerprint density at radius 1 is 1.39 bits per heavy atom. The van der Waals surface area contributed by atoms with E-state index >= 15 is 0 Å². The lowest BCUT2D eigenvalue weighted by Crippen LogP contribution is -2.16. The Labute approximate surface area is 110 Å². The molecule has 1 N–H and O–H groups in total. The van der Waals surface area contributed by atoms with Crippen molar-refractivity contribution in [2.24, 2.45) is 22.7 Å². The van der Waals surface area contributed by atoms with Gasteiger partial charge in [-0.2, -0.15) is 0 Å². The predicted molar refractivity (Wildman–Crippen MR) is 69.6 cm³/mol. The topological polar surface area (TPSA) is 66.7 Å². The second-order valence-corrected chi connectivity index (χ2v) is 6.96. The number of rotatable bonds is 4. The van der Waals surface area contributed by atoms with Gasteiger partial charge in [-0.25, -0.2) is 4.99 Å². The quantitative estimate of drug-likeness (QED) is 0.849. The Kier molecular flexibility index (Phi) is 3.18. The second kappa shape index (κ2) is 4.68. The maximum absolute atomic E-state index is 11.6. The van der Waals surface area contributed by atoms with Crippen LogP contribution in [0.2, 0.25) is 0 Å². The fraction of sp³-hybridized carbons (Fsp3) is 0.769. The molecular formula is C13H17NO3S. The summed E-state index contributed by atoms with van der Waals surface area (Å²) in [4.78, 5) is 26.3. The molecule has 5 heteroatoms. The number of thioether (sulfide) groups is 1. The molecule has 0 radical (unpaired) electrons. The molecule has 3 rings (SSSR count). The van der Waals surface area contributed by atoms with Gasteiger partial charge in [0.25, 0.3) is 5.91 Å². The van der Waals surface area contributed by atoms with Gasteiger partial charge in [-0.15, -0.1) is 0 Å². The summed E-state index contributed by atoms with van der Waals surface area (Å²) in [5, 5.41) is 9.13. The molecule has 0 aromatic rings. The first-order valence-corrected chi connectivity index (χ1v) is 7.49. The highest BCUT2D eigenvalue weighted by molar-refractivity contribution is 8.15. The Hall–Kier alpha value is -0.840. The van der Waals surface area contributed by atoms with E-state index in [9.17, 15) is 9.59 Å². The molecule has 18 heavy (non-hydrogen) atoms. The van der Waals surface area contributed by atoms with Crippen molar-refractivity contribution in [1.82, 2.24) is 0 Å². The molecule has 2 fully saturated rings. The first-order valence-electron chi connectivity index (χ1n) is 6.61. The average Bonchev–Trinajstić information content (AvgIpc) is 2.95. The van der Waals surface area contributed by atoms with Gasteiger partial charge in [-0.05, 0) is 43.4 Å². The van der Waals surface area contributed by atoms with Gasteiger partial charge in [0.05, 0.1) is 11.5 Å². The van der Waals surface area contributed by atoms with E-state index in [0.29, 0.717) is 5.92 Å². The molecule has 4 atom stereocenters. The molecule has 0 saturated heterocycles. The van der Waals surface area contributed by atoms with E-state index in [1.165, 1.54) is 37.4 Å². The summed E-state index contributed by atoms with van der Waals surface area (Å²) < 4.78 is 0. The highest BCUT2D eigenvalue weighted by Gasteiger charge is 2.41. The summed E-state index contributed by atoms with van der Waals surface area (Å²) in [7, 11) is 0. The van der Waals surface area contributed by atoms with Crippen LogP contribution >= 0.6 is 11.8 Å². The zero-order valence-electron chi connectivity index (χ0n) is 10.2. The van der Waals surface area contributed by atoms with Crippen molar-refractivity contribution >= 4 is 28.7 Å². The molecule has 1 aliphatic heterocycles. The number of aliphatic imine (C=N–C) groups is 1. The highest BCUT2D eigenvalue weighted by Crippen LogP contribution is 2.50. The third kappa shape index (κ3) is 2.32. The van der Waals surface area contributed by atoms with Crippen molar-refractivity contribution in [3.05, 3.63) is 0 Å². The molecule has 0 aromatic heterocycles. The van der Waals surface area contributed by atoms with Crippen molar-refractivity contribution in [2.45, 2.75) is 43.8 Å². The van der Waals surface area contributed by atoms with Crippen LogP contribution in [0, 0.1) is 17.8 Å². The van der Waals surface area contributed by atoms with Crippen LogP contribution in [0.15, 0.2) is 4.99 Å². The molecular weight excluding hydrogens is 250 g/mol. The van der Waals surface area contributed by atoms with Crippen LogP contribution in [0.5, 0.6) is 0 Å². The minimum absolute atomic E-state index is 0.104. The zero-order chi connectivity index (χ0) is 12.7. The molecule has 0 aromatic carbocycles. The maximum atomic E-state index is 11.6. The second-order valence-electron chi connectivity index (χ2n) is 5.69. The Bertz CT molecular complexity index is 420. The van der Waals surface area contributed by atoms with Crippen LogP contribution in [0.1, 0.15) is 38.5 Å². The number of hydrogen-bond donors (Lipinski definition) is 1. The van der Waals surface area contributed by atoms with Gasteiger partial charge in [0, 0.05) is 0 Å². The monoisotopic (exact) mass is 267 g/mol. The summed E-state index contributed by atoms with van der Waals surface area (Å²) in [5.74, 6) is 1.24. The van der Waals surface area contributed by atoms with Crippen LogP contribution < -0.4 is 0 Å². The van der Waals surface area contributed by atoms with Crippen LogP contribution in [0.4, 0.5) is 0 Å². The molecule has 1 heterocycles. The number of fused-ring (bicyclic) bond motifs is 2. The van der Waals surface area contributed by atoms with Gasteiger partial charge < -0.3 is 5.11 Å². The van der Waals surface area contributed by atoms with Gasteiger partial charge >= 0.3 is 5.97 Å². The average molecular weight is 267 g/mol. The molecule has 1 amide bonds. The number of carbonyl (C=O) groups is 2. The maximum Gasteiger partial charge on any atom is 0.305 e. The molecule has 2 saturated carbocycles. The summed E-state index contributed by atoms with van der Waals surface area (Å²) in [6, 6.07) is 0. The molecule has 0 spiro atoms. The van der Waals surface area contributed by atoms with Gasteiger partial charge in [-0.1, -0.05) is 18.2 Å². The molecule has 2 bridgehead atoms. The lowest BCUT2D eigenvalue weighted by Gasteiger charge is -2.21. The van der Waals surface area contributed by atoms with Gasteiger partial charge in [-0.3, -0.25) is 9.59 Å². The molecule has 3 aliphatic rings. The fourth-order valence-corrected chi connectivity index (χ4v) is 4.83. The molecule has 4 nitrogen and oxygen atoms in total. The number of hydrogen-bond acceptors (Lipinski definition) is 3. The van der Waals surface area contributed by atoms with E-state index in [1.54, 1.807) is 0 Å². The lowest BCUT2D eigenvalue weighted by atomic mass is 9.87. The van der Waals surface area contributed by atoms with Crippen LogP contribution in [-0.4, -0.2) is 27.3 Å². The van der Waals surface area contributed by atoms with Crippen LogP contribution in [-0.2, 0) is 9.59 Å². The highest BCUT2D eigenvalue weighted by atomic mass is 32.2. The van der Waals surface area contributed by atoms with E-state index in [1.807, 2.05) is 0 Å². The Balaban J connectivity index is 1.57. The molecule has 2 aliphatic carbocycles. The van der Waals surface area contributed by atoms with Crippen LogP contribution in [0.25, 0.3) is 0 Å². The Morgan fingerprint density at radius 2 is 2.22 bits per heavy atom. The third-order valence-corrected chi connectivity index (χ3v) is 5.65. The van der Waals surface area contributed by atoms with Crippen molar-refractivity contribution < 1.29 is 14.7 Å². The number of amides is 1. The van der Waals surface area contributed by atoms with Gasteiger partial charge in [0.15, 0.2) is 0 Å². The van der Waals surface area contributed by atoms with E-state index in [4.69, 9.17) is 5.11 Å². The fourth-order valence-electron chi connectivity index (χ4n) is 3.67. The van der Waals surface area contributed by atoms with Crippen LogP contribution in [0.3, 0.4) is 0 Å². The van der Waals surface area contributed by atoms with Crippen molar-refractivity contribution in [3.63, 3.8) is 0 Å². The first kappa shape index (κ1) is 12.2. The van der Waals surface area contributed by atoms with Crippen molar-refractivity contribution in [2.75, 3.05) is 0 Å². The van der Waals surface area contributed by atoms with E-state index in [0.717, 1.165) is 23.3 Å². The molecule has 4 unspecified atom stereocenters. The smallest absolute Gasteiger partial charge is 0.305 e. The minimum Gasteiger partial charge on any atom is -0.481 e. The van der Waals surface area contributed by atoms with E-state index < -0.39 is 11.2 Å². The Morgan fingerprint density at radius 3 is 2.83 bits per heavy atom. The normalized spacial score (nSPS) is 38.2. The predicted octanol–water partition coefficient (Wildman–Crippen LogP) is 2.33. The summed E-state index contributed by atoms with van der Waals surface area (Å²) in [6.45, 7) is 0. The number of nitrogens with zero attached hydrogens (tertiary/aromatic N) is 1.